The third-order valence-electron chi connectivity index (χ3n) is 1.79. The predicted octanol–water partition coefficient (Wildman–Crippen LogP) is 2.53. The van der Waals surface area contributed by atoms with Crippen LogP contribution < -0.4 is 4.74 Å². The first-order valence-electron chi connectivity index (χ1n) is 4.12. The van der Waals surface area contributed by atoms with E-state index in [1.165, 1.54) is 0 Å². The highest BCUT2D eigenvalue weighted by atomic mass is 79.9. The molecule has 0 amide bonds. The van der Waals surface area contributed by atoms with E-state index in [1.807, 2.05) is 26.0 Å². The van der Waals surface area contributed by atoms with Gasteiger partial charge < -0.3 is 9.84 Å². The quantitative estimate of drug-likeness (QED) is 0.907. The zero-order valence-corrected chi connectivity index (χ0v) is 9.59. The van der Waals surface area contributed by atoms with Crippen molar-refractivity contribution >= 4 is 21.9 Å². The van der Waals surface area contributed by atoms with Crippen LogP contribution in [0.5, 0.6) is 5.75 Å². The zero-order chi connectivity index (χ0) is 10.7. The van der Waals surface area contributed by atoms with Crippen LogP contribution in [0, 0.1) is 13.8 Å². The van der Waals surface area contributed by atoms with E-state index in [1.54, 1.807) is 0 Å². The highest BCUT2D eigenvalue weighted by molar-refractivity contribution is 9.10. The Morgan fingerprint density at radius 2 is 2.14 bits per heavy atom. The van der Waals surface area contributed by atoms with Gasteiger partial charge in [-0.1, -0.05) is 15.9 Å². The summed E-state index contributed by atoms with van der Waals surface area (Å²) < 4.78 is 6.06. The first-order valence-corrected chi connectivity index (χ1v) is 4.91. The molecule has 14 heavy (non-hydrogen) atoms. The van der Waals surface area contributed by atoms with E-state index >= 15 is 0 Å². The molecule has 0 saturated heterocycles. The monoisotopic (exact) mass is 258 g/mol. The Bertz CT molecular complexity index is 361. The van der Waals surface area contributed by atoms with Crippen LogP contribution in [-0.2, 0) is 4.79 Å². The van der Waals surface area contributed by atoms with Gasteiger partial charge in [0, 0.05) is 10.0 Å². The largest absolute Gasteiger partial charge is 0.482 e. The van der Waals surface area contributed by atoms with Gasteiger partial charge in [-0.3, -0.25) is 0 Å². The lowest BCUT2D eigenvalue weighted by atomic mass is 10.1. The average Bonchev–Trinajstić information content (AvgIpc) is 2.08. The number of carbonyl (C=O) groups is 1. The summed E-state index contributed by atoms with van der Waals surface area (Å²) in [6.07, 6.45) is 0. The van der Waals surface area contributed by atoms with Gasteiger partial charge in [0.25, 0.3) is 0 Å². The second kappa shape index (κ2) is 4.46. The minimum Gasteiger partial charge on any atom is -0.482 e. The van der Waals surface area contributed by atoms with Gasteiger partial charge in [-0.25, -0.2) is 4.79 Å². The van der Waals surface area contributed by atoms with Crippen LogP contribution in [0.25, 0.3) is 0 Å². The molecule has 0 spiro atoms. The van der Waals surface area contributed by atoms with Gasteiger partial charge in [0.15, 0.2) is 6.61 Å². The number of aliphatic carboxylic acids is 1. The number of carboxylic acid groups (broad SMARTS) is 1. The topological polar surface area (TPSA) is 46.5 Å². The number of aryl methyl sites for hydroxylation is 1. The molecule has 1 N–H and O–H groups in total. The van der Waals surface area contributed by atoms with E-state index in [0.717, 1.165) is 15.6 Å². The molecule has 1 aromatic rings. The lowest BCUT2D eigenvalue weighted by molar-refractivity contribution is -0.139. The van der Waals surface area contributed by atoms with Crippen molar-refractivity contribution in [3.05, 3.63) is 27.7 Å². The fourth-order valence-electron chi connectivity index (χ4n) is 1.07. The van der Waals surface area contributed by atoms with E-state index in [-0.39, 0.29) is 6.61 Å². The van der Waals surface area contributed by atoms with Gasteiger partial charge in [-0.05, 0) is 31.5 Å². The normalized spacial score (nSPS) is 9.93. The number of ether oxygens (including phenoxy) is 1. The maximum atomic E-state index is 10.3. The van der Waals surface area contributed by atoms with E-state index in [2.05, 4.69) is 15.9 Å². The standard InChI is InChI=1S/C10H11BrO3/c1-6-3-8(11)7(2)9(4-6)14-5-10(12)13/h3-4H,5H2,1-2H3,(H,12,13). The Morgan fingerprint density at radius 1 is 1.50 bits per heavy atom. The van der Waals surface area contributed by atoms with E-state index < -0.39 is 5.97 Å². The van der Waals surface area contributed by atoms with Crippen molar-refractivity contribution in [2.45, 2.75) is 13.8 Å². The summed E-state index contributed by atoms with van der Waals surface area (Å²) in [4.78, 5) is 10.3. The number of carboxylic acids is 1. The van der Waals surface area contributed by atoms with Crippen LogP contribution >= 0.6 is 15.9 Å². The molecular formula is C10H11BrO3. The third-order valence-corrected chi connectivity index (χ3v) is 2.62. The molecule has 0 aliphatic carbocycles. The van der Waals surface area contributed by atoms with Crippen molar-refractivity contribution in [3.8, 4) is 5.75 Å². The third kappa shape index (κ3) is 2.73. The summed E-state index contributed by atoms with van der Waals surface area (Å²) in [6.45, 7) is 3.50. The summed E-state index contributed by atoms with van der Waals surface area (Å²) in [5.41, 5.74) is 1.94. The average molecular weight is 259 g/mol. The smallest absolute Gasteiger partial charge is 0.341 e. The maximum absolute atomic E-state index is 10.3. The van der Waals surface area contributed by atoms with Crippen LogP contribution in [0.3, 0.4) is 0 Å². The lowest BCUT2D eigenvalue weighted by Crippen LogP contribution is -2.10. The molecule has 0 fully saturated rings. The van der Waals surface area contributed by atoms with E-state index in [9.17, 15) is 4.79 Å². The second-order valence-electron chi connectivity index (χ2n) is 3.05. The van der Waals surface area contributed by atoms with Crippen LogP contribution in [0.15, 0.2) is 16.6 Å². The highest BCUT2D eigenvalue weighted by Gasteiger charge is 2.06. The number of hydrogen-bond donors (Lipinski definition) is 1. The molecule has 3 nitrogen and oxygen atoms in total. The Hall–Kier alpha value is -1.03. The summed E-state index contributed by atoms with van der Waals surface area (Å²) in [6, 6.07) is 3.78. The summed E-state index contributed by atoms with van der Waals surface area (Å²) in [5.74, 6) is -0.360. The molecule has 1 rings (SSSR count). The molecule has 4 heteroatoms. The summed E-state index contributed by atoms with van der Waals surface area (Å²) in [7, 11) is 0. The minimum atomic E-state index is -0.970. The predicted molar refractivity (Wildman–Crippen MR) is 56.7 cm³/mol. The SMILES string of the molecule is Cc1cc(Br)c(C)c(OCC(=O)O)c1. The fourth-order valence-corrected chi connectivity index (χ4v) is 1.63. The molecule has 0 aliphatic heterocycles. The molecule has 0 unspecified atom stereocenters. The first kappa shape index (κ1) is 11.0. The molecule has 0 aliphatic rings. The Kier molecular flexibility index (Phi) is 3.52. The molecule has 0 bridgehead atoms. The number of benzene rings is 1. The first-order chi connectivity index (χ1) is 6.50. The second-order valence-corrected chi connectivity index (χ2v) is 3.91. The minimum absolute atomic E-state index is 0.309. The van der Waals surface area contributed by atoms with Crippen molar-refractivity contribution in [1.29, 1.82) is 0 Å². The van der Waals surface area contributed by atoms with Crippen molar-refractivity contribution in [3.63, 3.8) is 0 Å². The van der Waals surface area contributed by atoms with E-state index in [0.29, 0.717) is 5.75 Å². The molecule has 76 valence electrons. The molecule has 0 atom stereocenters. The molecule has 0 aromatic heterocycles. The van der Waals surface area contributed by atoms with Crippen LogP contribution in [0.1, 0.15) is 11.1 Å². The Balaban J connectivity index is 2.90. The number of hydrogen-bond acceptors (Lipinski definition) is 2. The van der Waals surface area contributed by atoms with Crippen LogP contribution in [0.4, 0.5) is 0 Å². The van der Waals surface area contributed by atoms with Crippen molar-refractivity contribution in [1.82, 2.24) is 0 Å². The van der Waals surface area contributed by atoms with Gasteiger partial charge in [0.2, 0.25) is 0 Å². The molecule has 1 aromatic carbocycles. The van der Waals surface area contributed by atoms with Crippen molar-refractivity contribution in [2.75, 3.05) is 6.61 Å². The van der Waals surface area contributed by atoms with Gasteiger partial charge in [-0.15, -0.1) is 0 Å². The molecular weight excluding hydrogens is 248 g/mol. The zero-order valence-electron chi connectivity index (χ0n) is 8.00. The number of rotatable bonds is 3. The van der Waals surface area contributed by atoms with Gasteiger partial charge in [-0.2, -0.15) is 0 Å². The van der Waals surface area contributed by atoms with Gasteiger partial charge in [0.05, 0.1) is 0 Å². The lowest BCUT2D eigenvalue weighted by Gasteiger charge is -2.09. The highest BCUT2D eigenvalue weighted by Crippen LogP contribution is 2.27. The molecule has 0 saturated carbocycles. The molecule has 0 heterocycles. The van der Waals surface area contributed by atoms with Crippen LogP contribution in [-0.4, -0.2) is 17.7 Å². The number of halogens is 1. The van der Waals surface area contributed by atoms with Crippen molar-refractivity contribution < 1.29 is 14.6 Å². The van der Waals surface area contributed by atoms with Gasteiger partial charge >= 0.3 is 5.97 Å². The maximum Gasteiger partial charge on any atom is 0.341 e. The van der Waals surface area contributed by atoms with Crippen molar-refractivity contribution in [2.24, 2.45) is 0 Å². The summed E-state index contributed by atoms with van der Waals surface area (Å²) >= 11 is 3.38. The van der Waals surface area contributed by atoms with Crippen LogP contribution in [0.2, 0.25) is 0 Å². The Labute approximate surface area is 90.8 Å². The van der Waals surface area contributed by atoms with Gasteiger partial charge in [0.1, 0.15) is 5.75 Å². The summed E-state index contributed by atoms with van der Waals surface area (Å²) in [5, 5.41) is 8.47. The van der Waals surface area contributed by atoms with E-state index in [4.69, 9.17) is 9.84 Å². The Morgan fingerprint density at radius 3 is 2.71 bits per heavy atom. The fraction of sp³-hybridized carbons (Fsp3) is 0.300. The molecule has 0 radical (unpaired) electrons.